The fourth-order valence-corrected chi connectivity index (χ4v) is 3.85. The molecule has 0 bridgehead atoms. The lowest BCUT2D eigenvalue weighted by Crippen LogP contribution is -2.33. The van der Waals surface area contributed by atoms with Gasteiger partial charge in [-0.3, -0.25) is 9.98 Å². The van der Waals surface area contributed by atoms with Gasteiger partial charge in [0, 0.05) is 5.69 Å². The molecule has 27 heavy (non-hydrogen) atoms. The van der Waals surface area contributed by atoms with Gasteiger partial charge in [0.05, 0.1) is 11.0 Å². The molecule has 2 heterocycles. The molecule has 2 aromatic heterocycles. The number of hydrogen-bond acceptors (Lipinski definition) is 6. The number of thiazole rings is 1. The van der Waals surface area contributed by atoms with Crippen molar-refractivity contribution in [1.29, 1.82) is 10.7 Å². The quantitative estimate of drug-likeness (QED) is 0.420. The highest BCUT2D eigenvalue weighted by molar-refractivity contribution is 7.07. The number of aromatic amines is 1. The van der Waals surface area contributed by atoms with Crippen LogP contribution in [0.4, 0.5) is 0 Å². The molecule has 0 saturated heterocycles. The maximum absolute atomic E-state index is 9.85. The summed E-state index contributed by atoms with van der Waals surface area (Å²) in [6.07, 6.45) is 0. The summed E-state index contributed by atoms with van der Waals surface area (Å²) < 4.78 is 2.23. The second-order valence-corrected chi connectivity index (χ2v) is 6.73. The SMILES string of the molecule is N#C/C(c1nc2ccccc2[nH]1)=c1\s/c(=C(\N)O)c(=N)n1-c1ccccc1. The largest absolute Gasteiger partial charge is 0.494 e. The number of fused-ring (bicyclic) bond motifs is 1. The van der Waals surface area contributed by atoms with Crippen molar-refractivity contribution in [2.45, 2.75) is 0 Å². The smallest absolute Gasteiger partial charge is 0.203 e. The number of aliphatic hydroxyl groups excluding tert-OH is 1. The number of hydrogen-bond donors (Lipinski definition) is 4. The van der Waals surface area contributed by atoms with Gasteiger partial charge in [0.1, 0.15) is 20.8 Å². The van der Waals surface area contributed by atoms with Gasteiger partial charge in [0.2, 0.25) is 5.88 Å². The zero-order chi connectivity index (χ0) is 19.0. The second kappa shape index (κ2) is 6.48. The van der Waals surface area contributed by atoms with Gasteiger partial charge in [-0.25, -0.2) is 4.98 Å². The van der Waals surface area contributed by atoms with E-state index in [0.29, 0.717) is 16.2 Å². The lowest BCUT2D eigenvalue weighted by atomic mass is 10.3. The molecule has 132 valence electrons. The van der Waals surface area contributed by atoms with Crippen LogP contribution in [0.5, 0.6) is 0 Å². The number of nitrogens with one attached hydrogen (secondary N) is 2. The first-order valence-corrected chi connectivity index (χ1v) is 8.82. The molecule has 0 radical (unpaired) electrons. The summed E-state index contributed by atoms with van der Waals surface area (Å²) in [5.74, 6) is -0.0597. The zero-order valence-electron chi connectivity index (χ0n) is 14.0. The van der Waals surface area contributed by atoms with E-state index in [1.807, 2.05) is 54.6 Å². The Hall–Kier alpha value is -3.83. The molecule has 0 aliphatic carbocycles. The Morgan fingerprint density at radius 1 is 1.19 bits per heavy atom. The van der Waals surface area contributed by atoms with Crippen molar-refractivity contribution in [3.8, 4) is 11.8 Å². The molecule has 4 aromatic rings. The Labute approximate surface area is 157 Å². The first kappa shape index (κ1) is 16.6. The predicted octanol–water partition coefficient (Wildman–Crippen LogP) is 1.20. The molecular formula is C19H14N6OS. The first-order chi connectivity index (χ1) is 13.1. The van der Waals surface area contributed by atoms with Gasteiger partial charge in [0.25, 0.3) is 0 Å². The number of imidazole rings is 1. The summed E-state index contributed by atoms with van der Waals surface area (Å²) in [6, 6.07) is 18.8. The monoisotopic (exact) mass is 374 g/mol. The van der Waals surface area contributed by atoms with Gasteiger partial charge < -0.3 is 15.8 Å². The third-order valence-corrected chi connectivity index (χ3v) is 5.23. The molecular weight excluding hydrogens is 360 g/mol. The highest BCUT2D eigenvalue weighted by Crippen LogP contribution is 2.15. The Bertz CT molecular complexity index is 1330. The van der Waals surface area contributed by atoms with Crippen LogP contribution < -0.4 is 20.4 Å². The van der Waals surface area contributed by atoms with Gasteiger partial charge in [-0.05, 0) is 24.3 Å². The van der Waals surface area contributed by atoms with Crippen LogP contribution >= 0.6 is 11.3 Å². The van der Waals surface area contributed by atoms with Gasteiger partial charge in [-0.1, -0.05) is 30.3 Å². The van der Waals surface area contributed by atoms with E-state index in [1.165, 1.54) is 0 Å². The Morgan fingerprint density at radius 3 is 2.56 bits per heavy atom. The number of H-pyrrole nitrogens is 1. The van der Waals surface area contributed by atoms with Crippen molar-refractivity contribution >= 4 is 33.8 Å². The fourth-order valence-electron chi connectivity index (χ4n) is 2.83. The van der Waals surface area contributed by atoms with Crippen LogP contribution in [0.15, 0.2) is 54.6 Å². The summed E-state index contributed by atoms with van der Waals surface area (Å²) in [5.41, 5.74) is 8.05. The summed E-state index contributed by atoms with van der Waals surface area (Å²) in [7, 11) is 0. The van der Waals surface area contributed by atoms with Crippen LogP contribution in [0.2, 0.25) is 0 Å². The fraction of sp³-hybridized carbons (Fsp3) is 0. The van der Waals surface area contributed by atoms with Crippen LogP contribution in [0.3, 0.4) is 0 Å². The number of para-hydroxylation sites is 3. The first-order valence-electron chi connectivity index (χ1n) is 8.00. The molecule has 0 unspecified atom stereocenters. The number of rotatable bonds is 2. The van der Waals surface area contributed by atoms with E-state index in [-0.39, 0.29) is 15.6 Å². The molecule has 0 saturated carbocycles. The third kappa shape index (κ3) is 2.76. The lowest BCUT2D eigenvalue weighted by Gasteiger charge is -2.03. The number of nitrogens with two attached hydrogens (primary N) is 1. The van der Waals surface area contributed by atoms with E-state index in [4.69, 9.17) is 11.1 Å². The number of nitriles is 1. The van der Waals surface area contributed by atoms with Crippen molar-refractivity contribution in [2.75, 3.05) is 0 Å². The van der Waals surface area contributed by atoms with E-state index in [1.54, 1.807) is 4.57 Å². The van der Waals surface area contributed by atoms with Crippen LogP contribution in [0, 0.1) is 16.7 Å². The number of nitrogens with zero attached hydrogens (tertiary/aromatic N) is 3. The van der Waals surface area contributed by atoms with Crippen LogP contribution in [0.25, 0.3) is 28.2 Å². The van der Waals surface area contributed by atoms with Crippen molar-refractivity contribution in [2.24, 2.45) is 5.73 Å². The molecule has 0 amide bonds. The summed E-state index contributed by atoms with van der Waals surface area (Å²) in [6.45, 7) is 0. The predicted molar refractivity (Wildman–Crippen MR) is 103 cm³/mol. The van der Waals surface area contributed by atoms with Crippen LogP contribution in [-0.2, 0) is 0 Å². The van der Waals surface area contributed by atoms with E-state index in [2.05, 4.69) is 16.0 Å². The minimum atomic E-state index is -0.456. The highest BCUT2D eigenvalue weighted by Gasteiger charge is 2.15. The normalized spacial score (nSPS) is 13.3. The van der Waals surface area contributed by atoms with Gasteiger partial charge in [-0.15, -0.1) is 11.3 Å². The van der Waals surface area contributed by atoms with Gasteiger partial charge >= 0.3 is 0 Å². The third-order valence-electron chi connectivity index (χ3n) is 4.04. The van der Waals surface area contributed by atoms with Crippen molar-refractivity contribution < 1.29 is 5.11 Å². The van der Waals surface area contributed by atoms with E-state index in [0.717, 1.165) is 22.4 Å². The molecule has 0 aliphatic heterocycles. The molecule has 8 heteroatoms. The minimum Gasteiger partial charge on any atom is -0.494 e. The molecule has 0 spiro atoms. The highest BCUT2D eigenvalue weighted by atomic mass is 32.1. The minimum absolute atomic E-state index is 0.00469. The molecule has 0 aliphatic rings. The number of aliphatic hydroxyl groups is 1. The van der Waals surface area contributed by atoms with Crippen molar-refractivity contribution in [1.82, 2.24) is 14.5 Å². The molecule has 7 nitrogen and oxygen atoms in total. The number of aromatic nitrogens is 3. The topological polar surface area (TPSA) is 128 Å². The maximum Gasteiger partial charge on any atom is 0.203 e. The average Bonchev–Trinajstić information content (AvgIpc) is 3.24. The Kier molecular flexibility index (Phi) is 3.99. The Balaban J connectivity index is 2.16. The second-order valence-electron chi connectivity index (χ2n) is 5.73. The molecule has 4 rings (SSSR count). The maximum atomic E-state index is 9.85. The van der Waals surface area contributed by atoms with Gasteiger partial charge in [0.15, 0.2) is 11.3 Å². The zero-order valence-corrected chi connectivity index (χ0v) is 14.8. The van der Waals surface area contributed by atoms with Crippen molar-refractivity contribution in [3.63, 3.8) is 0 Å². The molecule has 5 N–H and O–H groups in total. The summed E-state index contributed by atoms with van der Waals surface area (Å²) in [5, 5.41) is 28.1. The summed E-state index contributed by atoms with van der Waals surface area (Å²) >= 11 is 1.07. The molecule has 0 fully saturated rings. The van der Waals surface area contributed by atoms with Gasteiger partial charge in [-0.2, -0.15) is 5.26 Å². The van der Waals surface area contributed by atoms with E-state index >= 15 is 0 Å². The number of benzene rings is 2. The van der Waals surface area contributed by atoms with Crippen LogP contribution in [0.1, 0.15) is 5.82 Å². The van der Waals surface area contributed by atoms with Crippen LogP contribution in [-0.4, -0.2) is 19.6 Å². The summed E-state index contributed by atoms with van der Waals surface area (Å²) in [4.78, 5) is 7.64. The van der Waals surface area contributed by atoms with Crippen molar-refractivity contribution in [3.05, 3.63) is 75.1 Å². The molecule has 2 aromatic carbocycles. The Morgan fingerprint density at radius 2 is 1.89 bits per heavy atom. The van der Waals surface area contributed by atoms with E-state index in [9.17, 15) is 10.4 Å². The average molecular weight is 374 g/mol. The standard InChI is InChI=1S/C19H14N6OS/c20-10-12(18-23-13-8-4-5-9-14(13)24-18)19-25(11-6-2-1-3-7-11)16(21)15(27-19)17(22)26/h1-9,21,26H,22H2,(H,23,24)/b17-15+,19-12+,21-16?. The van der Waals surface area contributed by atoms with E-state index < -0.39 is 5.88 Å². The molecule has 0 atom stereocenters. The lowest BCUT2D eigenvalue weighted by molar-refractivity contribution is 0.493.